The van der Waals surface area contributed by atoms with E-state index in [1.807, 2.05) is 13.8 Å². The summed E-state index contributed by atoms with van der Waals surface area (Å²) in [4.78, 5) is 10.6. The van der Waals surface area contributed by atoms with E-state index in [0.717, 1.165) is 0 Å². The second-order valence-electron chi connectivity index (χ2n) is 2.97. The van der Waals surface area contributed by atoms with Gasteiger partial charge in [-0.05, 0) is 12.8 Å². The molecule has 0 spiro atoms. The smallest absolute Gasteiger partial charge is 0.331 e. The van der Waals surface area contributed by atoms with Gasteiger partial charge in [0, 0.05) is 24.9 Å². The lowest BCUT2D eigenvalue weighted by Gasteiger charge is -2.17. The van der Waals surface area contributed by atoms with Gasteiger partial charge in [-0.3, -0.25) is 0 Å². The van der Waals surface area contributed by atoms with Crippen molar-refractivity contribution >= 4 is 5.97 Å². The zero-order valence-electron chi connectivity index (χ0n) is 8.28. The minimum atomic E-state index is -0.392. The lowest BCUT2D eigenvalue weighted by atomic mass is 10.1. The van der Waals surface area contributed by atoms with E-state index in [4.69, 9.17) is 5.11 Å². The van der Waals surface area contributed by atoms with Gasteiger partial charge in [0.15, 0.2) is 0 Å². The van der Waals surface area contributed by atoms with E-state index in [0.29, 0.717) is 0 Å². The number of aliphatic hydroxyl groups is 1. The maximum absolute atomic E-state index is 10.6. The lowest BCUT2D eigenvalue weighted by Crippen LogP contribution is -2.30. The molecule has 0 aliphatic heterocycles. The van der Waals surface area contributed by atoms with Crippen LogP contribution in [-0.4, -0.2) is 30.8 Å². The van der Waals surface area contributed by atoms with E-state index in [-0.39, 0.29) is 18.6 Å². The third kappa shape index (κ3) is 5.25. The highest BCUT2D eigenvalue weighted by Gasteiger charge is 2.07. The van der Waals surface area contributed by atoms with E-state index < -0.39 is 5.97 Å². The number of hydrogen-bond acceptors (Lipinski definition) is 4. The van der Waals surface area contributed by atoms with Gasteiger partial charge in [-0.25, -0.2) is 4.79 Å². The molecule has 0 heterocycles. The first-order chi connectivity index (χ1) is 6.11. The standard InChI is InChI=1S/C9H17NO3/c1-7(6-11)8(2)10-5-4-9(12)13-3/h4-5,7-8,10-11H,6H2,1-3H3/b5-4+. The Labute approximate surface area is 78.6 Å². The highest BCUT2D eigenvalue weighted by atomic mass is 16.5. The van der Waals surface area contributed by atoms with Crippen molar-refractivity contribution in [1.29, 1.82) is 0 Å². The van der Waals surface area contributed by atoms with Crippen LogP contribution in [0.25, 0.3) is 0 Å². The van der Waals surface area contributed by atoms with Crippen molar-refractivity contribution in [3.05, 3.63) is 12.3 Å². The van der Waals surface area contributed by atoms with Gasteiger partial charge in [-0.1, -0.05) is 6.92 Å². The van der Waals surface area contributed by atoms with Crippen LogP contribution in [0.3, 0.4) is 0 Å². The topological polar surface area (TPSA) is 58.6 Å². The van der Waals surface area contributed by atoms with Crippen molar-refractivity contribution < 1.29 is 14.6 Å². The van der Waals surface area contributed by atoms with Crippen molar-refractivity contribution in [2.75, 3.05) is 13.7 Å². The number of methoxy groups -OCH3 is 1. The summed E-state index contributed by atoms with van der Waals surface area (Å²) < 4.78 is 4.40. The minimum absolute atomic E-state index is 0.125. The van der Waals surface area contributed by atoms with Crippen LogP contribution >= 0.6 is 0 Å². The van der Waals surface area contributed by atoms with Crippen LogP contribution in [-0.2, 0) is 9.53 Å². The van der Waals surface area contributed by atoms with Gasteiger partial charge in [0.2, 0.25) is 0 Å². The summed E-state index contributed by atoms with van der Waals surface area (Å²) in [6, 6.07) is 0.130. The molecule has 0 saturated carbocycles. The van der Waals surface area contributed by atoms with Crippen LogP contribution < -0.4 is 5.32 Å². The number of nitrogens with one attached hydrogen (secondary N) is 1. The molecule has 0 radical (unpaired) electrons. The lowest BCUT2D eigenvalue weighted by molar-refractivity contribution is -0.134. The summed E-state index contributed by atoms with van der Waals surface area (Å²) in [7, 11) is 1.33. The number of carbonyl (C=O) groups excluding carboxylic acids is 1. The van der Waals surface area contributed by atoms with Crippen LogP contribution in [0.4, 0.5) is 0 Å². The molecule has 0 rings (SSSR count). The van der Waals surface area contributed by atoms with Gasteiger partial charge in [0.25, 0.3) is 0 Å². The first-order valence-electron chi connectivity index (χ1n) is 4.23. The summed E-state index contributed by atoms with van der Waals surface area (Å²) in [5.74, 6) is -0.237. The van der Waals surface area contributed by atoms with E-state index in [2.05, 4.69) is 10.1 Å². The van der Waals surface area contributed by atoms with Crippen molar-refractivity contribution in [3.63, 3.8) is 0 Å². The molecule has 13 heavy (non-hydrogen) atoms. The Morgan fingerprint density at radius 3 is 2.69 bits per heavy atom. The SMILES string of the molecule is COC(=O)/C=C/NC(C)C(C)CO. The molecule has 2 atom stereocenters. The highest BCUT2D eigenvalue weighted by Crippen LogP contribution is 1.99. The van der Waals surface area contributed by atoms with Gasteiger partial charge >= 0.3 is 5.97 Å². The normalized spacial score (nSPS) is 15.4. The number of rotatable bonds is 5. The van der Waals surface area contributed by atoms with E-state index in [1.54, 1.807) is 0 Å². The molecule has 4 heteroatoms. The van der Waals surface area contributed by atoms with Gasteiger partial charge in [-0.2, -0.15) is 0 Å². The van der Waals surface area contributed by atoms with Gasteiger partial charge in [-0.15, -0.1) is 0 Å². The number of carbonyl (C=O) groups is 1. The Hall–Kier alpha value is -1.03. The molecule has 0 amide bonds. The van der Waals surface area contributed by atoms with Crippen molar-refractivity contribution in [2.24, 2.45) is 5.92 Å². The predicted molar refractivity (Wildman–Crippen MR) is 50.0 cm³/mol. The maximum Gasteiger partial charge on any atom is 0.331 e. The largest absolute Gasteiger partial charge is 0.466 e. The number of ether oxygens (including phenoxy) is 1. The molecule has 76 valence electrons. The minimum Gasteiger partial charge on any atom is -0.466 e. The first-order valence-corrected chi connectivity index (χ1v) is 4.23. The molecular weight excluding hydrogens is 170 g/mol. The van der Waals surface area contributed by atoms with Crippen molar-refractivity contribution in [3.8, 4) is 0 Å². The van der Waals surface area contributed by atoms with E-state index in [9.17, 15) is 4.79 Å². The molecule has 0 bridgehead atoms. The molecule has 0 aromatic heterocycles. The number of esters is 1. The van der Waals surface area contributed by atoms with Crippen LogP contribution in [0.2, 0.25) is 0 Å². The van der Waals surface area contributed by atoms with Crippen LogP contribution in [0.1, 0.15) is 13.8 Å². The third-order valence-corrected chi connectivity index (χ3v) is 1.92. The fraction of sp³-hybridized carbons (Fsp3) is 0.667. The molecule has 2 N–H and O–H groups in total. The molecule has 0 fully saturated rings. The zero-order chi connectivity index (χ0) is 10.3. The molecule has 0 aromatic rings. The predicted octanol–water partition coefficient (Wildman–Crippen LogP) is 0.280. The monoisotopic (exact) mass is 187 g/mol. The Kier molecular flexibility index (Phi) is 5.97. The Morgan fingerprint density at radius 1 is 1.62 bits per heavy atom. The number of aliphatic hydroxyl groups excluding tert-OH is 1. The molecule has 2 unspecified atom stereocenters. The second-order valence-corrected chi connectivity index (χ2v) is 2.97. The Morgan fingerprint density at radius 2 is 2.23 bits per heavy atom. The van der Waals surface area contributed by atoms with Crippen LogP contribution in [0.5, 0.6) is 0 Å². The average molecular weight is 187 g/mol. The van der Waals surface area contributed by atoms with E-state index in [1.165, 1.54) is 19.4 Å². The summed E-state index contributed by atoms with van der Waals surface area (Å²) in [6.07, 6.45) is 2.84. The van der Waals surface area contributed by atoms with Gasteiger partial charge < -0.3 is 15.2 Å². The van der Waals surface area contributed by atoms with Gasteiger partial charge in [0.1, 0.15) is 0 Å². The molecule has 0 aliphatic rings. The summed E-state index contributed by atoms with van der Waals surface area (Å²) in [6.45, 7) is 3.98. The quantitative estimate of drug-likeness (QED) is 0.479. The fourth-order valence-electron chi connectivity index (χ4n) is 0.658. The maximum atomic E-state index is 10.6. The number of hydrogen-bond donors (Lipinski definition) is 2. The Bertz CT molecular complexity index is 180. The van der Waals surface area contributed by atoms with Crippen molar-refractivity contribution in [2.45, 2.75) is 19.9 Å². The summed E-state index contributed by atoms with van der Waals surface area (Å²) in [5, 5.41) is 11.8. The van der Waals surface area contributed by atoms with Crippen molar-refractivity contribution in [1.82, 2.24) is 5.32 Å². The fourth-order valence-corrected chi connectivity index (χ4v) is 0.658. The van der Waals surface area contributed by atoms with E-state index >= 15 is 0 Å². The zero-order valence-corrected chi connectivity index (χ0v) is 8.28. The average Bonchev–Trinajstić information content (AvgIpc) is 2.15. The second kappa shape index (κ2) is 6.48. The first kappa shape index (κ1) is 12.0. The van der Waals surface area contributed by atoms with Crippen LogP contribution in [0, 0.1) is 5.92 Å². The Balaban J connectivity index is 3.74. The summed E-state index contributed by atoms with van der Waals surface area (Å²) in [5.41, 5.74) is 0. The molecule has 0 saturated heterocycles. The molecule has 0 aliphatic carbocycles. The summed E-state index contributed by atoms with van der Waals surface area (Å²) >= 11 is 0. The van der Waals surface area contributed by atoms with Gasteiger partial charge in [0.05, 0.1) is 7.11 Å². The van der Waals surface area contributed by atoms with Crippen LogP contribution in [0.15, 0.2) is 12.3 Å². The highest BCUT2D eigenvalue weighted by molar-refractivity contribution is 5.81. The molecular formula is C9H17NO3. The molecule has 4 nitrogen and oxygen atoms in total. The molecule has 0 aromatic carbocycles. The third-order valence-electron chi connectivity index (χ3n) is 1.92.